The van der Waals surface area contributed by atoms with Gasteiger partial charge in [0.2, 0.25) is 0 Å². The van der Waals surface area contributed by atoms with Gasteiger partial charge in [0.05, 0.1) is 0 Å². The summed E-state index contributed by atoms with van der Waals surface area (Å²) in [7, 11) is 0. The Bertz CT molecular complexity index is 264. The Morgan fingerprint density at radius 1 is 1.33 bits per heavy atom. The molecule has 1 unspecified atom stereocenters. The molecule has 1 aromatic rings. The fraction of sp³-hybridized carbons (Fsp3) is 0.600. The SMILES string of the molecule is CC(F)c1n[nH]nc1C(F)(F)F. The smallest absolute Gasteiger partial charge is 0.241 e. The van der Waals surface area contributed by atoms with E-state index in [0.29, 0.717) is 0 Å². The predicted octanol–water partition coefficient (Wildman–Crippen LogP) is 1.85. The van der Waals surface area contributed by atoms with Crippen LogP contribution in [-0.4, -0.2) is 15.4 Å². The first-order chi connectivity index (χ1) is 5.43. The van der Waals surface area contributed by atoms with Crippen LogP contribution in [0, 0.1) is 0 Å². The van der Waals surface area contributed by atoms with E-state index in [1.54, 1.807) is 5.21 Å². The Hall–Kier alpha value is -1.14. The molecule has 12 heavy (non-hydrogen) atoms. The summed E-state index contributed by atoms with van der Waals surface area (Å²) in [5.74, 6) is 0. The summed E-state index contributed by atoms with van der Waals surface area (Å²) in [5.41, 5.74) is -2.00. The van der Waals surface area contributed by atoms with Crippen LogP contribution in [0.2, 0.25) is 0 Å². The molecule has 0 amide bonds. The van der Waals surface area contributed by atoms with Crippen molar-refractivity contribution in [1.29, 1.82) is 0 Å². The first-order valence-electron chi connectivity index (χ1n) is 3.05. The maximum absolute atomic E-state index is 12.4. The number of aromatic nitrogens is 3. The van der Waals surface area contributed by atoms with Crippen molar-refractivity contribution < 1.29 is 17.6 Å². The van der Waals surface area contributed by atoms with E-state index >= 15 is 0 Å². The average molecular weight is 183 g/mol. The third kappa shape index (κ3) is 1.54. The first kappa shape index (κ1) is 8.95. The molecule has 1 rings (SSSR count). The highest BCUT2D eigenvalue weighted by atomic mass is 19.4. The van der Waals surface area contributed by atoms with Crippen LogP contribution in [0.4, 0.5) is 17.6 Å². The summed E-state index contributed by atoms with van der Waals surface area (Å²) in [6.45, 7) is 0.965. The van der Waals surface area contributed by atoms with Gasteiger partial charge in [-0.1, -0.05) is 0 Å². The van der Waals surface area contributed by atoms with Gasteiger partial charge < -0.3 is 0 Å². The number of alkyl halides is 4. The highest BCUT2D eigenvalue weighted by Crippen LogP contribution is 2.32. The van der Waals surface area contributed by atoms with Crippen molar-refractivity contribution in [3.8, 4) is 0 Å². The van der Waals surface area contributed by atoms with Crippen molar-refractivity contribution in [2.24, 2.45) is 0 Å². The maximum Gasteiger partial charge on any atom is 0.437 e. The van der Waals surface area contributed by atoms with Crippen LogP contribution < -0.4 is 0 Å². The third-order valence-corrected chi connectivity index (χ3v) is 1.22. The van der Waals surface area contributed by atoms with Crippen LogP contribution in [0.15, 0.2) is 0 Å². The zero-order chi connectivity index (χ0) is 9.35. The van der Waals surface area contributed by atoms with Gasteiger partial charge in [0.25, 0.3) is 0 Å². The van der Waals surface area contributed by atoms with E-state index in [-0.39, 0.29) is 0 Å². The van der Waals surface area contributed by atoms with Crippen molar-refractivity contribution in [3.63, 3.8) is 0 Å². The van der Waals surface area contributed by atoms with Crippen molar-refractivity contribution in [3.05, 3.63) is 11.4 Å². The highest BCUT2D eigenvalue weighted by Gasteiger charge is 2.38. The number of halogens is 4. The normalized spacial score (nSPS) is 14.8. The van der Waals surface area contributed by atoms with Crippen LogP contribution in [0.3, 0.4) is 0 Å². The van der Waals surface area contributed by atoms with E-state index < -0.39 is 23.7 Å². The van der Waals surface area contributed by atoms with Gasteiger partial charge in [-0.2, -0.15) is 28.6 Å². The number of nitrogens with one attached hydrogen (secondary N) is 1. The Morgan fingerprint density at radius 2 is 1.92 bits per heavy atom. The van der Waals surface area contributed by atoms with Gasteiger partial charge in [0.1, 0.15) is 11.9 Å². The van der Waals surface area contributed by atoms with Crippen molar-refractivity contribution >= 4 is 0 Å². The van der Waals surface area contributed by atoms with Crippen molar-refractivity contribution in [1.82, 2.24) is 15.4 Å². The van der Waals surface area contributed by atoms with Gasteiger partial charge in [0.15, 0.2) is 5.69 Å². The molecule has 68 valence electrons. The molecule has 0 saturated carbocycles. The lowest BCUT2D eigenvalue weighted by molar-refractivity contribution is -0.142. The maximum atomic E-state index is 12.4. The minimum atomic E-state index is -4.65. The van der Waals surface area contributed by atoms with Gasteiger partial charge in [-0.25, -0.2) is 4.39 Å². The fourth-order valence-electron chi connectivity index (χ4n) is 0.725. The molecule has 0 bridgehead atoms. The summed E-state index contributed by atoms with van der Waals surface area (Å²) in [5, 5.41) is 7.58. The van der Waals surface area contributed by atoms with Gasteiger partial charge in [-0.15, -0.1) is 0 Å². The Morgan fingerprint density at radius 3 is 2.25 bits per heavy atom. The zero-order valence-corrected chi connectivity index (χ0v) is 5.98. The van der Waals surface area contributed by atoms with Gasteiger partial charge in [0, 0.05) is 0 Å². The Kier molecular flexibility index (Phi) is 2.03. The van der Waals surface area contributed by atoms with Crippen LogP contribution in [0.5, 0.6) is 0 Å². The summed E-state index contributed by atoms with van der Waals surface area (Å²) in [4.78, 5) is 0. The monoisotopic (exact) mass is 183 g/mol. The van der Waals surface area contributed by atoms with Crippen LogP contribution in [-0.2, 0) is 6.18 Å². The number of nitrogens with zero attached hydrogens (tertiary/aromatic N) is 2. The van der Waals surface area contributed by atoms with Gasteiger partial charge >= 0.3 is 6.18 Å². The number of aromatic amines is 1. The van der Waals surface area contributed by atoms with Crippen LogP contribution in [0.25, 0.3) is 0 Å². The van der Waals surface area contributed by atoms with E-state index in [0.717, 1.165) is 6.92 Å². The molecule has 0 aliphatic heterocycles. The lowest BCUT2D eigenvalue weighted by atomic mass is 10.2. The molecule has 1 N–H and O–H groups in total. The minimum Gasteiger partial charge on any atom is -0.241 e. The summed E-state index contributed by atoms with van der Waals surface area (Å²) >= 11 is 0. The minimum absolute atomic E-state index is 0.706. The molecule has 0 spiro atoms. The standard InChI is InChI=1S/C5H5F4N3/c1-2(6)3-4(5(7,8)9)11-12-10-3/h2H,1H3,(H,10,11,12). The van der Waals surface area contributed by atoms with Crippen LogP contribution in [0.1, 0.15) is 24.5 Å². The molecule has 3 nitrogen and oxygen atoms in total. The molecule has 1 aromatic heterocycles. The topological polar surface area (TPSA) is 41.6 Å². The molecule has 1 atom stereocenters. The summed E-state index contributed by atoms with van der Waals surface area (Å²) < 4.78 is 48.3. The van der Waals surface area contributed by atoms with Gasteiger partial charge in [-0.05, 0) is 6.92 Å². The zero-order valence-electron chi connectivity index (χ0n) is 5.98. The molecule has 0 radical (unpaired) electrons. The lowest BCUT2D eigenvalue weighted by Gasteiger charge is -2.03. The average Bonchev–Trinajstić information content (AvgIpc) is 2.30. The largest absolute Gasteiger partial charge is 0.437 e. The molecule has 0 aliphatic carbocycles. The lowest BCUT2D eigenvalue weighted by Crippen LogP contribution is -2.09. The molecular formula is C5H5F4N3. The second kappa shape index (κ2) is 2.72. The van der Waals surface area contributed by atoms with Crippen molar-refractivity contribution in [2.75, 3.05) is 0 Å². The predicted molar refractivity (Wildman–Crippen MR) is 30.9 cm³/mol. The van der Waals surface area contributed by atoms with E-state index in [1.165, 1.54) is 0 Å². The van der Waals surface area contributed by atoms with Crippen LogP contribution >= 0.6 is 0 Å². The molecule has 0 aromatic carbocycles. The second-order valence-electron chi connectivity index (χ2n) is 2.17. The first-order valence-corrected chi connectivity index (χ1v) is 3.05. The van der Waals surface area contributed by atoms with E-state index in [2.05, 4.69) is 10.2 Å². The van der Waals surface area contributed by atoms with E-state index in [4.69, 9.17) is 0 Å². The number of H-pyrrole nitrogens is 1. The number of hydrogen-bond donors (Lipinski definition) is 1. The quantitative estimate of drug-likeness (QED) is 0.675. The van der Waals surface area contributed by atoms with Crippen molar-refractivity contribution in [2.45, 2.75) is 19.3 Å². The summed E-state index contributed by atoms with van der Waals surface area (Å²) in [6.07, 6.45) is -6.43. The van der Waals surface area contributed by atoms with Gasteiger partial charge in [-0.3, -0.25) is 0 Å². The fourth-order valence-corrected chi connectivity index (χ4v) is 0.725. The summed E-state index contributed by atoms with van der Waals surface area (Å²) in [6, 6.07) is 0. The molecular weight excluding hydrogens is 178 g/mol. The Balaban J connectivity index is 3.08. The van der Waals surface area contributed by atoms with E-state index in [9.17, 15) is 17.6 Å². The third-order valence-electron chi connectivity index (χ3n) is 1.22. The molecule has 7 heteroatoms. The number of rotatable bonds is 1. The molecule has 0 fully saturated rings. The van der Waals surface area contributed by atoms with E-state index in [1.807, 2.05) is 0 Å². The number of hydrogen-bond acceptors (Lipinski definition) is 2. The molecule has 0 aliphatic rings. The Labute approximate surface area is 64.8 Å². The second-order valence-corrected chi connectivity index (χ2v) is 2.17. The molecule has 1 heterocycles. The molecule has 0 saturated heterocycles. The highest BCUT2D eigenvalue weighted by molar-refractivity contribution is 5.14.